The van der Waals surface area contributed by atoms with Crippen LogP contribution in [0.1, 0.15) is 22.8 Å². The third-order valence-electron chi connectivity index (χ3n) is 2.37. The van der Waals surface area contributed by atoms with Crippen LogP contribution in [-0.4, -0.2) is 37.2 Å². The highest BCUT2D eigenvalue weighted by atomic mass is 32.2. The molecule has 0 saturated carbocycles. The Labute approximate surface area is 105 Å². The van der Waals surface area contributed by atoms with E-state index >= 15 is 0 Å². The van der Waals surface area contributed by atoms with Crippen LogP contribution >= 0.6 is 0 Å². The number of hydrogen-bond donors (Lipinski definition) is 3. The van der Waals surface area contributed by atoms with E-state index < -0.39 is 22.1 Å². The van der Waals surface area contributed by atoms with E-state index in [4.69, 9.17) is 10.2 Å². The van der Waals surface area contributed by atoms with E-state index in [9.17, 15) is 13.2 Å². The predicted molar refractivity (Wildman–Crippen MR) is 65.0 cm³/mol. The number of rotatable bonds is 5. The lowest BCUT2D eigenvalue weighted by Gasteiger charge is -2.11. The molecule has 0 aromatic heterocycles. The lowest BCUT2D eigenvalue weighted by molar-refractivity contribution is 0.0695. The fourth-order valence-electron chi connectivity index (χ4n) is 1.45. The summed E-state index contributed by atoms with van der Waals surface area (Å²) in [5.41, 5.74) is 0.109. The van der Waals surface area contributed by atoms with Gasteiger partial charge in [-0.1, -0.05) is 6.07 Å². The molecule has 1 aromatic rings. The topological polar surface area (TPSA) is 104 Å². The Balaban J connectivity index is 3.17. The van der Waals surface area contributed by atoms with Crippen molar-refractivity contribution in [3.05, 3.63) is 29.3 Å². The summed E-state index contributed by atoms with van der Waals surface area (Å²) in [7, 11) is -3.82. The molecular formula is C11H15NO5S. The number of sulfonamides is 1. The minimum Gasteiger partial charge on any atom is -0.478 e. The van der Waals surface area contributed by atoms with Gasteiger partial charge in [-0.3, -0.25) is 0 Å². The maximum atomic E-state index is 11.9. The molecule has 18 heavy (non-hydrogen) atoms. The summed E-state index contributed by atoms with van der Waals surface area (Å²) in [4.78, 5) is 10.8. The van der Waals surface area contributed by atoms with Crippen LogP contribution in [0.15, 0.2) is 23.1 Å². The maximum absolute atomic E-state index is 11.9. The molecule has 0 fully saturated rings. The van der Waals surface area contributed by atoms with Gasteiger partial charge in [0.25, 0.3) is 0 Å². The Hall–Kier alpha value is -1.44. The van der Waals surface area contributed by atoms with Gasteiger partial charge in [-0.25, -0.2) is 17.9 Å². The van der Waals surface area contributed by atoms with E-state index in [1.54, 1.807) is 0 Å². The van der Waals surface area contributed by atoms with Crippen LogP contribution in [-0.2, 0) is 10.0 Å². The Morgan fingerprint density at radius 2 is 2.06 bits per heavy atom. The van der Waals surface area contributed by atoms with Crippen molar-refractivity contribution in [2.24, 2.45) is 0 Å². The molecule has 0 saturated heterocycles. The molecular weight excluding hydrogens is 258 g/mol. The zero-order valence-electron chi connectivity index (χ0n) is 10.0. The van der Waals surface area contributed by atoms with Crippen molar-refractivity contribution in [3.63, 3.8) is 0 Å². The van der Waals surface area contributed by atoms with Crippen molar-refractivity contribution in [1.29, 1.82) is 0 Å². The standard InChI is InChI=1S/C11H15NO5S/c1-7(13)6-12-18(16,17)10-5-3-4-9(8(10)2)11(14)15/h3-5,7,12-13H,6H2,1-2H3,(H,14,15). The van der Waals surface area contributed by atoms with Crippen molar-refractivity contribution >= 4 is 16.0 Å². The van der Waals surface area contributed by atoms with E-state index in [2.05, 4.69) is 4.72 Å². The summed E-state index contributed by atoms with van der Waals surface area (Å²) in [6.45, 7) is 2.75. The van der Waals surface area contributed by atoms with Gasteiger partial charge in [0.15, 0.2) is 0 Å². The monoisotopic (exact) mass is 273 g/mol. The Morgan fingerprint density at radius 1 is 1.44 bits per heavy atom. The smallest absolute Gasteiger partial charge is 0.335 e. The zero-order chi connectivity index (χ0) is 13.9. The SMILES string of the molecule is Cc1c(C(=O)O)cccc1S(=O)(=O)NCC(C)O. The summed E-state index contributed by atoms with van der Waals surface area (Å²) in [5, 5.41) is 18.0. The highest BCUT2D eigenvalue weighted by Crippen LogP contribution is 2.18. The molecule has 0 heterocycles. The number of carboxylic acids is 1. The van der Waals surface area contributed by atoms with Crippen LogP contribution in [0.5, 0.6) is 0 Å². The van der Waals surface area contributed by atoms with Gasteiger partial charge in [0, 0.05) is 6.54 Å². The van der Waals surface area contributed by atoms with E-state index in [1.165, 1.54) is 32.0 Å². The Kier molecular flexibility index (Phi) is 4.44. The molecule has 0 amide bonds. The van der Waals surface area contributed by atoms with Crippen LogP contribution in [0.25, 0.3) is 0 Å². The van der Waals surface area contributed by atoms with Gasteiger partial charge in [-0.15, -0.1) is 0 Å². The average Bonchev–Trinajstić information content (AvgIpc) is 2.26. The van der Waals surface area contributed by atoms with Crippen LogP contribution in [0.4, 0.5) is 0 Å². The van der Waals surface area contributed by atoms with Crippen molar-refractivity contribution in [2.45, 2.75) is 24.8 Å². The summed E-state index contributed by atoms with van der Waals surface area (Å²) in [5.74, 6) is -1.18. The number of carboxylic acid groups (broad SMARTS) is 1. The number of benzene rings is 1. The second-order valence-corrected chi connectivity index (χ2v) is 5.67. The Bertz CT molecular complexity index is 551. The van der Waals surface area contributed by atoms with Crippen molar-refractivity contribution in [3.8, 4) is 0 Å². The number of aliphatic hydroxyl groups excluding tert-OH is 1. The third-order valence-corrected chi connectivity index (χ3v) is 3.94. The number of hydrogen-bond acceptors (Lipinski definition) is 4. The lowest BCUT2D eigenvalue weighted by atomic mass is 10.1. The first kappa shape index (κ1) is 14.6. The molecule has 0 aliphatic rings. The first-order chi connectivity index (χ1) is 8.25. The van der Waals surface area contributed by atoms with E-state index in [1.807, 2.05) is 0 Å². The molecule has 3 N–H and O–H groups in total. The minimum absolute atomic E-state index is 0.0603. The minimum atomic E-state index is -3.82. The van der Waals surface area contributed by atoms with Gasteiger partial charge >= 0.3 is 5.97 Å². The molecule has 1 atom stereocenters. The number of carbonyl (C=O) groups is 1. The van der Waals surface area contributed by atoms with Crippen LogP contribution < -0.4 is 4.72 Å². The summed E-state index contributed by atoms with van der Waals surface area (Å²) >= 11 is 0. The average molecular weight is 273 g/mol. The zero-order valence-corrected chi connectivity index (χ0v) is 10.9. The first-order valence-corrected chi connectivity index (χ1v) is 6.74. The predicted octanol–water partition coefficient (Wildman–Crippen LogP) is 0.352. The molecule has 6 nitrogen and oxygen atoms in total. The molecule has 0 aliphatic heterocycles. The molecule has 1 aromatic carbocycles. The summed E-state index contributed by atoms with van der Waals surface area (Å²) in [6, 6.07) is 4.03. The highest BCUT2D eigenvalue weighted by molar-refractivity contribution is 7.89. The fraction of sp³-hybridized carbons (Fsp3) is 0.364. The molecule has 0 spiro atoms. The molecule has 0 bridgehead atoms. The second-order valence-electron chi connectivity index (χ2n) is 3.93. The van der Waals surface area contributed by atoms with Crippen molar-refractivity contribution < 1.29 is 23.4 Å². The van der Waals surface area contributed by atoms with Gasteiger partial charge in [0.1, 0.15) is 0 Å². The summed E-state index contributed by atoms with van der Waals surface area (Å²) in [6.07, 6.45) is -0.817. The van der Waals surface area contributed by atoms with Crippen molar-refractivity contribution in [1.82, 2.24) is 4.72 Å². The van der Waals surface area contributed by atoms with E-state index in [0.717, 1.165) is 0 Å². The lowest BCUT2D eigenvalue weighted by Crippen LogP contribution is -2.31. The maximum Gasteiger partial charge on any atom is 0.335 e. The molecule has 7 heteroatoms. The van der Waals surface area contributed by atoms with E-state index in [0.29, 0.717) is 0 Å². The van der Waals surface area contributed by atoms with Crippen molar-refractivity contribution in [2.75, 3.05) is 6.54 Å². The fourth-order valence-corrected chi connectivity index (χ4v) is 2.83. The third kappa shape index (κ3) is 3.28. The van der Waals surface area contributed by atoms with Gasteiger partial charge in [0.2, 0.25) is 10.0 Å². The molecule has 100 valence electrons. The second kappa shape index (κ2) is 5.47. The quantitative estimate of drug-likeness (QED) is 0.718. The number of aliphatic hydroxyl groups is 1. The van der Waals surface area contributed by atoms with Gasteiger partial charge < -0.3 is 10.2 Å². The molecule has 0 radical (unpaired) electrons. The van der Waals surface area contributed by atoms with Gasteiger partial charge in [0.05, 0.1) is 16.6 Å². The van der Waals surface area contributed by atoms with Crippen LogP contribution in [0.2, 0.25) is 0 Å². The molecule has 1 rings (SSSR count). The Morgan fingerprint density at radius 3 is 2.56 bits per heavy atom. The van der Waals surface area contributed by atoms with Crippen LogP contribution in [0.3, 0.4) is 0 Å². The first-order valence-electron chi connectivity index (χ1n) is 5.26. The summed E-state index contributed by atoms with van der Waals surface area (Å²) < 4.78 is 26.0. The van der Waals surface area contributed by atoms with Gasteiger partial charge in [-0.2, -0.15) is 0 Å². The van der Waals surface area contributed by atoms with E-state index in [-0.39, 0.29) is 22.6 Å². The van der Waals surface area contributed by atoms with Crippen LogP contribution in [0, 0.1) is 6.92 Å². The number of aromatic carboxylic acids is 1. The number of nitrogens with one attached hydrogen (secondary N) is 1. The molecule has 1 unspecified atom stereocenters. The normalized spacial score (nSPS) is 13.3. The molecule has 0 aliphatic carbocycles. The highest BCUT2D eigenvalue weighted by Gasteiger charge is 2.20. The van der Waals surface area contributed by atoms with Gasteiger partial charge in [-0.05, 0) is 31.5 Å². The largest absolute Gasteiger partial charge is 0.478 e.